The van der Waals surface area contributed by atoms with Crippen LogP contribution >= 0.6 is 11.6 Å². The van der Waals surface area contributed by atoms with E-state index in [-0.39, 0.29) is 0 Å². The van der Waals surface area contributed by atoms with Gasteiger partial charge in [-0.25, -0.2) is 0 Å². The fourth-order valence-corrected chi connectivity index (χ4v) is 2.37. The number of hydrogen-bond acceptors (Lipinski definition) is 2. The Labute approximate surface area is 78.6 Å². The second-order valence-electron chi connectivity index (χ2n) is 3.76. The predicted molar refractivity (Wildman–Crippen MR) is 51.3 cm³/mol. The molecule has 2 unspecified atom stereocenters. The molecule has 2 heterocycles. The fraction of sp³-hybridized carbons (Fsp3) is 0.778. The Morgan fingerprint density at radius 3 is 2.58 bits per heavy atom. The van der Waals surface area contributed by atoms with Crippen LogP contribution in [0.3, 0.4) is 0 Å². The molecule has 0 aromatic rings. The van der Waals surface area contributed by atoms with Gasteiger partial charge in [0.25, 0.3) is 0 Å². The summed E-state index contributed by atoms with van der Waals surface area (Å²) in [5.41, 5.74) is 1.62. The zero-order valence-electron chi connectivity index (χ0n) is 7.17. The van der Waals surface area contributed by atoms with Crippen molar-refractivity contribution in [3.05, 3.63) is 11.6 Å². The molecule has 0 radical (unpaired) electrons. The Bertz CT molecular complexity index is 169. The van der Waals surface area contributed by atoms with Crippen LogP contribution < -0.4 is 5.32 Å². The van der Waals surface area contributed by atoms with Gasteiger partial charge in [0.05, 0.1) is 0 Å². The lowest BCUT2D eigenvalue weighted by Gasteiger charge is -2.13. The van der Waals surface area contributed by atoms with Crippen molar-refractivity contribution in [2.24, 2.45) is 11.8 Å². The van der Waals surface area contributed by atoms with E-state index in [1.807, 2.05) is 6.08 Å². The van der Waals surface area contributed by atoms with Gasteiger partial charge in [0.1, 0.15) is 0 Å². The van der Waals surface area contributed by atoms with Gasteiger partial charge in [0.15, 0.2) is 0 Å². The molecule has 12 heavy (non-hydrogen) atoms. The molecule has 0 spiro atoms. The van der Waals surface area contributed by atoms with Gasteiger partial charge in [-0.15, -0.1) is 0 Å². The van der Waals surface area contributed by atoms with Gasteiger partial charge in [-0.2, -0.15) is 0 Å². The molecule has 2 aliphatic heterocycles. The number of fused-ring (bicyclic) bond motifs is 1. The molecule has 2 aliphatic rings. The number of rotatable bonds is 2. The summed E-state index contributed by atoms with van der Waals surface area (Å²) in [5.74, 6) is 1.79. The normalized spacial score (nSPS) is 36.4. The third-order valence-corrected chi connectivity index (χ3v) is 3.10. The average molecular weight is 187 g/mol. The highest BCUT2D eigenvalue weighted by molar-refractivity contribution is 6.25. The summed E-state index contributed by atoms with van der Waals surface area (Å²) in [6.07, 6.45) is 2.02. The lowest BCUT2D eigenvalue weighted by molar-refractivity contribution is 0.346. The molecule has 2 nitrogen and oxygen atoms in total. The second kappa shape index (κ2) is 3.77. The molecule has 3 heteroatoms. The molecule has 1 N–H and O–H groups in total. The molecule has 2 fully saturated rings. The number of nitrogens with one attached hydrogen (secondary N) is 1. The van der Waals surface area contributed by atoms with Gasteiger partial charge in [-0.1, -0.05) is 17.7 Å². The summed E-state index contributed by atoms with van der Waals surface area (Å²) in [4.78, 5) is 2.48. The number of likely N-dealkylation sites (tertiary alicyclic amines) is 1. The lowest BCUT2D eigenvalue weighted by Crippen LogP contribution is -2.25. The third kappa shape index (κ3) is 1.65. The molecule has 2 atom stereocenters. The van der Waals surface area contributed by atoms with E-state index >= 15 is 0 Å². The monoisotopic (exact) mass is 186 g/mol. The van der Waals surface area contributed by atoms with Crippen LogP contribution in [0.1, 0.15) is 0 Å². The van der Waals surface area contributed by atoms with E-state index in [2.05, 4.69) is 10.2 Å². The minimum atomic E-state index is 0.897. The zero-order valence-corrected chi connectivity index (χ0v) is 7.93. The summed E-state index contributed by atoms with van der Waals surface area (Å²) >= 11 is 5.48. The van der Waals surface area contributed by atoms with Crippen LogP contribution in [-0.4, -0.2) is 37.6 Å². The van der Waals surface area contributed by atoms with Gasteiger partial charge >= 0.3 is 0 Å². The summed E-state index contributed by atoms with van der Waals surface area (Å²) in [6.45, 7) is 5.95. The minimum absolute atomic E-state index is 0.897. The van der Waals surface area contributed by atoms with Crippen LogP contribution in [0.25, 0.3) is 0 Å². The molecular weight excluding hydrogens is 172 g/mol. The summed E-state index contributed by atoms with van der Waals surface area (Å²) in [6, 6.07) is 0. The van der Waals surface area contributed by atoms with Gasteiger partial charge in [-0.05, 0) is 24.9 Å². The number of halogens is 1. The maximum atomic E-state index is 5.48. The Kier molecular flexibility index (Phi) is 2.69. The SMILES string of the molecule is Cl/C=C/CN1CC2CNCC2C1. The summed E-state index contributed by atoms with van der Waals surface area (Å²) < 4.78 is 0. The Hall–Kier alpha value is -0.0500. The lowest BCUT2D eigenvalue weighted by atomic mass is 10.0. The molecule has 0 amide bonds. The van der Waals surface area contributed by atoms with Crippen LogP contribution in [0, 0.1) is 11.8 Å². The molecule has 0 aromatic carbocycles. The van der Waals surface area contributed by atoms with Gasteiger partial charge < -0.3 is 5.32 Å². The zero-order chi connectivity index (χ0) is 8.39. The van der Waals surface area contributed by atoms with Gasteiger partial charge in [-0.3, -0.25) is 4.90 Å². The first kappa shape index (κ1) is 8.54. The fourth-order valence-electron chi connectivity index (χ4n) is 2.29. The van der Waals surface area contributed by atoms with Crippen LogP contribution in [-0.2, 0) is 0 Å². The highest BCUT2D eigenvalue weighted by atomic mass is 35.5. The van der Waals surface area contributed by atoms with Crippen molar-refractivity contribution < 1.29 is 0 Å². The largest absolute Gasteiger partial charge is 0.316 e. The molecule has 0 aliphatic carbocycles. The van der Waals surface area contributed by atoms with E-state index in [4.69, 9.17) is 11.6 Å². The standard InChI is InChI=1S/C9H15ClN2/c10-2-1-3-12-6-8-4-11-5-9(8)7-12/h1-2,8-9,11H,3-7H2/b2-1+. The summed E-state index contributed by atoms with van der Waals surface area (Å²) in [5, 5.41) is 3.43. The van der Waals surface area contributed by atoms with Crippen molar-refractivity contribution in [3.63, 3.8) is 0 Å². The Morgan fingerprint density at radius 1 is 1.33 bits per heavy atom. The highest BCUT2D eigenvalue weighted by Gasteiger charge is 2.35. The van der Waals surface area contributed by atoms with Crippen LogP contribution in [0.15, 0.2) is 11.6 Å². The predicted octanol–water partition coefficient (Wildman–Crippen LogP) is 0.890. The van der Waals surface area contributed by atoms with Gasteiger partial charge in [0, 0.05) is 25.2 Å². The van der Waals surface area contributed by atoms with E-state index in [1.165, 1.54) is 26.2 Å². The van der Waals surface area contributed by atoms with Crippen LogP contribution in [0.2, 0.25) is 0 Å². The van der Waals surface area contributed by atoms with E-state index < -0.39 is 0 Å². The van der Waals surface area contributed by atoms with Crippen molar-refractivity contribution in [2.45, 2.75) is 0 Å². The quantitative estimate of drug-likeness (QED) is 0.689. The van der Waals surface area contributed by atoms with E-state index in [9.17, 15) is 0 Å². The van der Waals surface area contributed by atoms with Crippen molar-refractivity contribution in [1.29, 1.82) is 0 Å². The van der Waals surface area contributed by atoms with E-state index in [1.54, 1.807) is 5.54 Å². The summed E-state index contributed by atoms with van der Waals surface area (Å²) in [7, 11) is 0. The molecule has 0 saturated carbocycles. The molecule has 2 saturated heterocycles. The number of hydrogen-bond donors (Lipinski definition) is 1. The Morgan fingerprint density at radius 2 is 2.00 bits per heavy atom. The Balaban J connectivity index is 1.82. The molecular formula is C9H15ClN2. The first-order valence-electron chi connectivity index (χ1n) is 4.58. The maximum Gasteiger partial charge on any atom is 0.0175 e. The third-order valence-electron chi connectivity index (χ3n) is 2.92. The molecule has 0 aromatic heterocycles. The number of nitrogens with zero attached hydrogens (tertiary/aromatic N) is 1. The van der Waals surface area contributed by atoms with E-state index in [0.717, 1.165) is 18.4 Å². The topological polar surface area (TPSA) is 15.3 Å². The minimum Gasteiger partial charge on any atom is -0.316 e. The van der Waals surface area contributed by atoms with E-state index in [0.29, 0.717) is 0 Å². The maximum absolute atomic E-state index is 5.48. The van der Waals surface area contributed by atoms with Crippen molar-refractivity contribution >= 4 is 11.6 Å². The van der Waals surface area contributed by atoms with Gasteiger partial charge in [0.2, 0.25) is 0 Å². The second-order valence-corrected chi connectivity index (χ2v) is 4.01. The molecule has 2 rings (SSSR count). The average Bonchev–Trinajstić information content (AvgIpc) is 2.58. The first-order chi connectivity index (χ1) is 5.90. The van der Waals surface area contributed by atoms with Crippen molar-refractivity contribution in [1.82, 2.24) is 10.2 Å². The first-order valence-corrected chi connectivity index (χ1v) is 5.02. The smallest absolute Gasteiger partial charge is 0.0175 e. The van der Waals surface area contributed by atoms with Crippen LogP contribution in [0.4, 0.5) is 0 Å². The van der Waals surface area contributed by atoms with Crippen molar-refractivity contribution in [3.8, 4) is 0 Å². The van der Waals surface area contributed by atoms with Crippen LogP contribution in [0.5, 0.6) is 0 Å². The molecule has 68 valence electrons. The highest BCUT2D eigenvalue weighted by Crippen LogP contribution is 2.25. The van der Waals surface area contributed by atoms with Crippen molar-refractivity contribution in [2.75, 3.05) is 32.7 Å². The molecule has 0 bridgehead atoms.